The molecule has 1 atom stereocenters. The van der Waals surface area contributed by atoms with Crippen molar-refractivity contribution in [1.29, 1.82) is 0 Å². The SMILES string of the molecule is [C-]#[N+]c1ccc(C(=O)Nc2ccc3c(c2)CCC(OCC(C)=O)C3)cc1. The highest BCUT2D eigenvalue weighted by Gasteiger charge is 2.20. The molecule has 5 nitrogen and oxygen atoms in total. The van der Waals surface area contributed by atoms with Crippen molar-refractivity contribution in [2.45, 2.75) is 32.3 Å². The van der Waals surface area contributed by atoms with Crippen molar-refractivity contribution in [1.82, 2.24) is 0 Å². The Morgan fingerprint density at radius 1 is 1.19 bits per heavy atom. The van der Waals surface area contributed by atoms with Gasteiger partial charge in [0.05, 0.1) is 12.7 Å². The molecule has 132 valence electrons. The van der Waals surface area contributed by atoms with Crippen LogP contribution in [0.5, 0.6) is 0 Å². The van der Waals surface area contributed by atoms with Crippen LogP contribution in [0.4, 0.5) is 11.4 Å². The van der Waals surface area contributed by atoms with Crippen molar-refractivity contribution in [2.75, 3.05) is 11.9 Å². The van der Waals surface area contributed by atoms with E-state index in [0.29, 0.717) is 11.3 Å². The maximum atomic E-state index is 12.3. The van der Waals surface area contributed by atoms with Crippen LogP contribution in [0.25, 0.3) is 4.85 Å². The van der Waals surface area contributed by atoms with Gasteiger partial charge in [0.15, 0.2) is 11.5 Å². The number of rotatable bonds is 5. The number of amides is 1. The molecule has 5 heteroatoms. The number of hydrogen-bond donors (Lipinski definition) is 1. The van der Waals surface area contributed by atoms with Crippen molar-refractivity contribution in [3.05, 3.63) is 70.6 Å². The number of nitrogens with zero attached hydrogens (tertiary/aromatic N) is 1. The predicted molar refractivity (Wildman–Crippen MR) is 99.5 cm³/mol. The van der Waals surface area contributed by atoms with Gasteiger partial charge in [0, 0.05) is 11.3 Å². The zero-order chi connectivity index (χ0) is 18.5. The van der Waals surface area contributed by atoms with E-state index in [1.165, 1.54) is 18.1 Å². The minimum Gasteiger partial charge on any atom is -0.370 e. The Kier molecular flexibility index (Phi) is 5.45. The zero-order valence-electron chi connectivity index (χ0n) is 14.6. The van der Waals surface area contributed by atoms with Crippen molar-refractivity contribution in [2.24, 2.45) is 0 Å². The standard InChI is InChI=1S/C21H20N2O3/c1-14(24)13-26-20-10-6-16-11-19(9-5-17(16)12-20)23-21(25)15-3-7-18(22-2)8-4-15/h3-5,7-9,11,20H,6,10,12-13H2,1H3,(H,23,25). The summed E-state index contributed by atoms with van der Waals surface area (Å²) < 4.78 is 5.63. The average molecular weight is 348 g/mol. The number of carbonyl (C=O) groups excluding carboxylic acids is 2. The lowest BCUT2D eigenvalue weighted by molar-refractivity contribution is -0.123. The first-order valence-electron chi connectivity index (χ1n) is 8.57. The fraction of sp³-hybridized carbons (Fsp3) is 0.286. The van der Waals surface area contributed by atoms with Crippen LogP contribution in [-0.2, 0) is 22.4 Å². The van der Waals surface area contributed by atoms with Gasteiger partial charge in [-0.1, -0.05) is 30.3 Å². The predicted octanol–water partition coefficient (Wildman–Crippen LogP) is 3.95. The van der Waals surface area contributed by atoms with E-state index < -0.39 is 0 Å². The lowest BCUT2D eigenvalue weighted by Gasteiger charge is -2.25. The molecule has 0 saturated heterocycles. The van der Waals surface area contributed by atoms with Crippen LogP contribution in [0.3, 0.4) is 0 Å². The van der Waals surface area contributed by atoms with E-state index in [1.54, 1.807) is 24.3 Å². The van der Waals surface area contributed by atoms with Gasteiger partial charge in [0.25, 0.3) is 5.91 Å². The van der Waals surface area contributed by atoms with Crippen LogP contribution < -0.4 is 5.32 Å². The van der Waals surface area contributed by atoms with Crippen molar-refractivity contribution in [3.8, 4) is 0 Å². The lowest BCUT2D eigenvalue weighted by atomic mass is 9.89. The van der Waals surface area contributed by atoms with Gasteiger partial charge in [0.1, 0.15) is 6.61 Å². The van der Waals surface area contributed by atoms with Crippen LogP contribution >= 0.6 is 0 Å². The molecule has 1 aliphatic rings. The minimum absolute atomic E-state index is 0.0401. The van der Waals surface area contributed by atoms with Crippen molar-refractivity contribution in [3.63, 3.8) is 0 Å². The Morgan fingerprint density at radius 3 is 2.65 bits per heavy atom. The van der Waals surface area contributed by atoms with Gasteiger partial charge in [-0.2, -0.15) is 0 Å². The van der Waals surface area contributed by atoms with Crippen LogP contribution in [-0.4, -0.2) is 24.4 Å². The summed E-state index contributed by atoms with van der Waals surface area (Å²) >= 11 is 0. The fourth-order valence-corrected chi connectivity index (χ4v) is 3.07. The molecule has 1 N–H and O–H groups in total. The average Bonchev–Trinajstić information content (AvgIpc) is 2.66. The fourth-order valence-electron chi connectivity index (χ4n) is 3.07. The Morgan fingerprint density at radius 2 is 1.96 bits per heavy atom. The van der Waals surface area contributed by atoms with E-state index >= 15 is 0 Å². The van der Waals surface area contributed by atoms with Gasteiger partial charge < -0.3 is 10.1 Å². The molecule has 1 unspecified atom stereocenters. The molecule has 0 bridgehead atoms. The van der Waals surface area contributed by atoms with Gasteiger partial charge in [-0.25, -0.2) is 4.85 Å². The Balaban J connectivity index is 1.65. The van der Waals surface area contributed by atoms with Gasteiger partial charge in [-0.3, -0.25) is 9.59 Å². The van der Waals surface area contributed by atoms with Gasteiger partial charge in [-0.05, 0) is 49.4 Å². The Bertz CT molecular complexity index is 866. The van der Waals surface area contributed by atoms with E-state index in [9.17, 15) is 9.59 Å². The first-order valence-corrected chi connectivity index (χ1v) is 8.57. The third-order valence-corrected chi connectivity index (χ3v) is 4.43. The summed E-state index contributed by atoms with van der Waals surface area (Å²) in [6.07, 6.45) is 2.60. The number of nitrogens with one attached hydrogen (secondary N) is 1. The number of carbonyl (C=O) groups is 2. The molecule has 0 heterocycles. The monoisotopic (exact) mass is 348 g/mol. The van der Waals surface area contributed by atoms with Gasteiger partial charge in [0.2, 0.25) is 0 Å². The summed E-state index contributed by atoms with van der Waals surface area (Å²) in [5.74, 6) is -0.154. The van der Waals surface area contributed by atoms with Crippen LogP contribution in [0.1, 0.15) is 34.8 Å². The van der Waals surface area contributed by atoms with E-state index in [4.69, 9.17) is 11.3 Å². The number of ketones is 1. The molecule has 0 radical (unpaired) electrons. The summed E-state index contributed by atoms with van der Waals surface area (Å²) in [5, 5.41) is 2.90. The van der Waals surface area contributed by atoms with Crippen LogP contribution in [0, 0.1) is 6.57 Å². The molecule has 0 aliphatic heterocycles. The number of Topliss-reactive ketones (excluding diaryl/α,β-unsaturated/α-hetero) is 1. The summed E-state index contributed by atoms with van der Waals surface area (Å²) in [4.78, 5) is 26.7. The molecule has 26 heavy (non-hydrogen) atoms. The number of hydrogen-bond acceptors (Lipinski definition) is 3. The Hall–Kier alpha value is -2.97. The third kappa shape index (κ3) is 4.35. The highest BCUT2D eigenvalue weighted by molar-refractivity contribution is 6.04. The number of aryl methyl sites for hydroxylation is 1. The molecule has 1 amide bonds. The second-order valence-electron chi connectivity index (χ2n) is 6.47. The first-order chi connectivity index (χ1) is 12.5. The van der Waals surface area contributed by atoms with Crippen molar-refractivity contribution >= 4 is 23.1 Å². The second-order valence-corrected chi connectivity index (χ2v) is 6.47. The number of ether oxygens (including phenoxy) is 1. The summed E-state index contributed by atoms with van der Waals surface area (Å²) in [6, 6.07) is 12.5. The Labute approximate surface area is 152 Å². The van der Waals surface area contributed by atoms with E-state index in [0.717, 1.165) is 24.9 Å². The molecular weight excluding hydrogens is 328 g/mol. The van der Waals surface area contributed by atoms with E-state index in [2.05, 4.69) is 10.2 Å². The number of benzene rings is 2. The molecule has 0 saturated carbocycles. The van der Waals surface area contributed by atoms with Crippen LogP contribution in [0.15, 0.2) is 42.5 Å². The topological polar surface area (TPSA) is 59.8 Å². The summed E-state index contributed by atoms with van der Waals surface area (Å²) in [6.45, 7) is 8.65. The smallest absolute Gasteiger partial charge is 0.255 e. The normalized spacial score (nSPS) is 15.6. The minimum atomic E-state index is -0.194. The first kappa shape index (κ1) is 17.8. The number of anilines is 1. The summed E-state index contributed by atoms with van der Waals surface area (Å²) in [7, 11) is 0. The lowest BCUT2D eigenvalue weighted by Crippen LogP contribution is -2.25. The quantitative estimate of drug-likeness (QED) is 0.832. The molecule has 0 aromatic heterocycles. The van der Waals surface area contributed by atoms with E-state index in [-0.39, 0.29) is 24.4 Å². The van der Waals surface area contributed by atoms with Crippen LogP contribution in [0.2, 0.25) is 0 Å². The largest absolute Gasteiger partial charge is 0.370 e. The highest BCUT2D eigenvalue weighted by Crippen LogP contribution is 2.26. The molecule has 2 aromatic rings. The van der Waals surface area contributed by atoms with E-state index in [1.807, 2.05) is 18.2 Å². The van der Waals surface area contributed by atoms with Gasteiger partial charge in [-0.15, -0.1) is 0 Å². The number of fused-ring (bicyclic) bond motifs is 1. The molecule has 0 fully saturated rings. The maximum absolute atomic E-state index is 12.3. The molecule has 2 aromatic carbocycles. The maximum Gasteiger partial charge on any atom is 0.255 e. The third-order valence-electron chi connectivity index (χ3n) is 4.43. The molecule has 3 rings (SSSR count). The van der Waals surface area contributed by atoms with Crippen molar-refractivity contribution < 1.29 is 14.3 Å². The van der Waals surface area contributed by atoms with Gasteiger partial charge >= 0.3 is 0 Å². The second kappa shape index (κ2) is 7.94. The molecule has 1 aliphatic carbocycles. The summed E-state index contributed by atoms with van der Waals surface area (Å²) in [5.41, 5.74) is 4.19. The highest BCUT2D eigenvalue weighted by atomic mass is 16.5. The molecular formula is C21H20N2O3. The zero-order valence-corrected chi connectivity index (χ0v) is 14.6. The molecule has 0 spiro atoms.